The third-order valence-corrected chi connectivity index (χ3v) is 2.94. The van der Waals surface area contributed by atoms with Crippen molar-refractivity contribution in [2.45, 2.75) is 20.0 Å². The van der Waals surface area contributed by atoms with Crippen LogP contribution >= 0.6 is 0 Å². The number of nitrogens with zero attached hydrogens (tertiary/aromatic N) is 1. The minimum absolute atomic E-state index is 0.143. The number of hydrogen-bond donors (Lipinski definition) is 1. The highest BCUT2D eigenvalue weighted by Crippen LogP contribution is 2.11. The fourth-order valence-electron chi connectivity index (χ4n) is 1.78. The van der Waals surface area contributed by atoms with Crippen LogP contribution in [0.3, 0.4) is 0 Å². The van der Waals surface area contributed by atoms with E-state index in [4.69, 9.17) is 15.3 Å². The van der Waals surface area contributed by atoms with E-state index in [1.54, 1.807) is 25.1 Å². The van der Waals surface area contributed by atoms with Crippen LogP contribution < -0.4 is 10.5 Å². The molecule has 1 atom stereocenters. The molecule has 0 aliphatic heterocycles. The first-order valence-corrected chi connectivity index (χ1v) is 6.89. The SMILES string of the molecule is Cc1cccc(/C(N)=N/OC(=O)C(C)Oc2ccccc2)c1. The van der Waals surface area contributed by atoms with Gasteiger partial charge in [-0.2, -0.15) is 0 Å². The smallest absolute Gasteiger partial charge is 0.374 e. The summed E-state index contributed by atoms with van der Waals surface area (Å²) in [5.41, 5.74) is 7.54. The van der Waals surface area contributed by atoms with Gasteiger partial charge < -0.3 is 15.3 Å². The molecule has 0 saturated heterocycles. The lowest BCUT2D eigenvalue weighted by Gasteiger charge is -2.11. The van der Waals surface area contributed by atoms with Crippen LogP contribution in [0.15, 0.2) is 59.8 Å². The van der Waals surface area contributed by atoms with E-state index in [9.17, 15) is 4.79 Å². The Labute approximate surface area is 129 Å². The number of benzene rings is 2. The molecule has 0 spiro atoms. The Kier molecular flexibility index (Phi) is 5.14. The zero-order chi connectivity index (χ0) is 15.9. The summed E-state index contributed by atoms with van der Waals surface area (Å²) in [6, 6.07) is 16.5. The molecule has 5 heteroatoms. The molecule has 1 unspecified atom stereocenters. The largest absolute Gasteiger partial charge is 0.479 e. The average Bonchev–Trinajstić information content (AvgIpc) is 2.53. The predicted octanol–water partition coefficient (Wildman–Crippen LogP) is 2.63. The summed E-state index contributed by atoms with van der Waals surface area (Å²) in [4.78, 5) is 16.7. The van der Waals surface area contributed by atoms with Crippen LogP contribution in [0.2, 0.25) is 0 Å². The van der Waals surface area contributed by atoms with Gasteiger partial charge in [0.05, 0.1) is 0 Å². The highest BCUT2D eigenvalue weighted by molar-refractivity contribution is 5.97. The Hall–Kier alpha value is -2.82. The summed E-state index contributed by atoms with van der Waals surface area (Å²) < 4.78 is 5.45. The summed E-state index contributed by atoms with van der Waals surface area (Å²) >= 11 is 0. The van der Waals surface area contributed by atoms with Gasteiger partial charge in [-0.05, 0) is 32.0 Å². The average molecular weight is 298 g/mol. The van der Waals surface area contributed by atoms with Gasteiger partial charge in [0.1, 0.15) is 5.75 Å². The van der Waals surface area contributed by atoms with Crippen molar-refractivity contribution < 1.29 is 14.4 Å². The predicted molar refractivity (Wildman–Crippen MR) is 84.5 cm³/mol. The van der Waals surface area contributed by atoms with E-state index in [1.165, 1.54) is 0 Å². The molecule has 0 aromatic heterocycles. The number of aryl methyl sites for hydroxylation is 1. The number of oxime groups is 1. The maximum Gasteiger partial charge on any atom is 0.374 e. The second-order valence-electron chi connectivity index (χ2n) is 4.83. The van der Waals surface area contributed by atoms with Gasteiger partial charge in [-0.15, -0.1) is 0 Å². The van der Waals surface area contributed by atoms with Crippen molar-refractivity contribution in [3.63, 3.8) is 0 Å². The maximum atomic E-state index is 11.8. The molecule has 114 valence electrons. The molecule has 0 radical (unpaired) electrons. The molecule has 0 saturated carbocycles. The van der Waals surface area contributed by atoms with Crippen molar-refractivity contribution in [2.24, 2.45) is 10.9 Å². The molecule has 0 bridgehead atoms. The number of carbonyl (C=O) groups excluding carboxylic acids is 1. The number of rotatable bonds is 5. The standard InChI is InChI=1S/C17H18N2O3/c1-12-7-6-8-14(11-12)16(18)19-22-17(20)13(2)21-15-9-4-3-5-10-15/h3-11,13H,1-2H3,(H2,18,19). The number of nitrogens with two attached hydrogens (primary N) is 1. The van der Waals surface area contributed by atoms with E-state index in [-0.39, 0.29) is 5.84 Å². The molecule has 2 N–H and O–H groups in total. The van der Waals surface area contributed by atoms with Crippen LogP contribution in [0.25, 0.3) is 0 Å². The van der Waals surface area contributed by atoms with Crippen LogP contribution in [0.1, 0.15) is 18.1 Å². The molecule has 2 aromatic carbocycles. The van der Waals surface area contributed by atoms with Gasteiger partial charge >= 0.3 is 5.97 Å². The topological polar surface area (TPSA) is 73.9 Å². The van der Waals surface area contributed by atoms with Gasteiger partial charge in [0, 0.05) is 5.56 Å². The van der Waals surface area contributed by atoms with Gasteiger partial charge in [0.25, 0.3) is 0 Å². The summed E-state index contributed by atoms with van der Waals surface area (Å²) in [5, 5.41) is 3.66. The zero-order valence-corrected chi connectivity index (χ0v) is 12.5. The quantitative estimate of drug-likeness (QED) is 0.398. The van der Waals surface area contributed by atoms with E-state index in [0.29, 0.717) is 11.3 Å². The minimum Gasteiger partial charge on any atom is -0.479 e. The molecule has 0 fully saturated rings. The van der Waals surface area contributed by atoms with Crippen molar-refractivity contribution in [3.8, 4) is 5.75 Å². The monoisotopic (exact) mass is 298 g/mol. The summed E-state index contributed by atoms with van der Waals surface area (Å²) in [5.74, 6) is 0.117. The number of para-hydroxylation sites is 1. The van der Waals surface area contributed by atoms with Crippen LogP contribution in [-0.4, -0.2) is 17.9 Å². The van der Waals surface area contributed by atoms with Gasteiger partial charge in [0.2, 0.25) is 0 Å². The summed E-state index contributed by atoms with van der Waals surface area (Å²) in [6.07, 6.45) is -0.781. The van der Waals surface area contributed by atoms with Crippen molar-refractivity contribution in [2.75, 3.05) is 0 Å². The highest BCUT2D eigenvalue weighted by atomic mass is 16.7. The van der Waals surface area contributed by atoms with Crippen molar-refractivity contribution >= 4 is 11.8 Å². The zero-order valence-electron chi connectivity index (χ0n) is 12.5. The van der Waals surface area contributed by atoms with Crippen molar-refractivity contribution in [3.05, 3.63) is 65.7 Å². The first-order valence-electron chi connectivity index (χ1n) is 6.89. The second kappa shape index (κ2) is 7.26. The Morgan fingerprint density at radius 3 is 2.55 bits per heavy atom. The van der Waals surface area contributed by atoms with Crippen molar-refractivity contribution in [1.29, 1.82) is 0 Å². The van der Waals surface area contributed by atoms with Gasteiger partial charge in [-0.25, -0.2) is 4.79 Å². The normalized spacial score (nSPS) is 12.5. The van der Waals surface area contributed by atoms with Crippen LogP contribution in [0.5, 0.6) is 5.75 Å². The molecule has 2 aromatic rings. The van der Waals surface area contributed by atoms with E-state index >= 15 is 0 Å². The first kappa shape index (κ1) is 15.6. The number of ether oxygens (including phenoxy) is 1. The Morgan fingerprint density at radius 1 is 1.14 bits per heavy atom. The molecule has 0 amide bonds. The molecule has 0 aliphatic carbocycles. The molecule has 2 rings (SSSR count). The van der Waals surface area contributed by atoms with E-state index < -0.39 is 12.1 Å². The third kappa shape index (κ3) is 4.34. The van der Waals surface area contributed by atoms with E-state index in [1.807, 2.05) is 43.3 Å². The molecular formula is C17H18N2O3. The summed E-state index contributed by atoms with van der Waals surface area (Å²) in [6.45, 7) is 3.53. The Bertz CT molecular complexity index is 669. The number of carbonyl (C=O) groups is 1. The lowest BCUT2D eigenvalue weighted by molar-refractivity contribution is -0.151. The molecule has 22 heavy (non-hydrogen) atoms. The summed E-state index contributed by atoms with van der Waals surface area (Å²) in [7, 11) is 0. The van der Waals surface area contributed by atoms with Crippen LogP contribution in [-0.2, 0) is 9.63 Å². The molecule has 0 aliphatic rings. The lowest BCUT2D eigenvalue weighted by Crippen LogP contribution is -2.26. The maximum absolute atomic E-state index is 11.8. The highest BCUT2D eigenvalue weighted by Gasteiger charge is 2.17. The third-order valence-electron chi connectivity index (χ3n) is 2.94. The number of amidine groups is 1. The second-order valence-corrected chi connectivity index (χ2v) is 4.83. The van der Waals surface area contributed by atoms with Crippen LogP contribution in [0, 0.1) is 6.92 Å². The Morgan fingerprint density at radius 2 is 1.86 bits per heavy atom. The lowest BCUT2D eigenvalue weighted by atomic mass is 10.1. The van der Waals surface area contributed by atoms with E-state index in [0.717, 1.165) is 5.56 Å². The first-order chi connectivity index (χ1) is 10.6. The van der Waals surface area contributed by atoms with E-state index in [2.05, 4.69) is 5.16 Å². The van der Waals surface area contributed by atoms with Gasteiger partial charge in [-0.1, -0.05) is 47.1 Å². The minimum atomic E-state index is -0.781. The number of hydrogen-bond acceptors (Lipinski definition) is 4. The fraction of sp³-hybridized carbons (Fsp3) is 0.176. The van der Waals surface area contributed by atoms with Crippen molar-refractivity contribution in [1.82, 2.24) is 0 Å². The molecule has 5 nitrogen and oxygen atoms in total. The Balaban J connectivity index is 1.95. The molecule has 0 heterocycles. The molecular weight excluding hydrogens is 280 g/mol. The fourth-order valence-corrected chi connectivity index (χ4v) is 1.78. The van der Waals surface area contributed by atoms with Gasteiger partial charge in [-0.3, -0.25) is 0 Å². The van der Waals surface area contributed by atoms with Gasteiger partial charge in [0.15, 0.2) is 11.9 Å². The van der Waals surface area contributed by atoms with Crippen LogP contribution in [0.4, 0.5) is 0 Å².